The summed E-state index contributed by atoms with van der Waals surface area (Å²) in [6, 6.07) is 11.9. The Morgan fingerprint density at radius 2 is 1.63 bits per heavy atom. The molecule has 1 aromatic heterocycles. The van der Waals surface area contributed by atoms with Crippen molar-refractivity contribution < 1.29 is 28.5 Å². The zero-order valence-electron chi connectivity index (χ0n) is 19.3. The van der Waals surface area contributed by atoms with Gasteiger partial charge in [0.25, 0.3) is 11.3 Å². The van der Waals surface area contributed by atoms with Crippen LogP contribution in [0.1, 0.15) is 25.0 Å². The van der Waals surface area contributed by atoms with Crippen molar-refractivity contribution in [3.8, 4) is 22.9 Å². The number of halogens is 1. The maximum atomic E-state index is 12.8. The molecule has 35 heavy (non-hydrogen) atoms. The van der Waals surface area contributed by atoms with Crippen LogP contribution in [0, 0.1) is 6.92 Å². The summed E-state index contributed by atoms with van der Waals surface area (Å²) in [6.07, 6.45) is 2.65. The molecule has 10 heteroatoms. The Labute approximate surface area is 205 Å². The van der Waals surface area contributed by atoms with Crippen LogP contribution in [0.15, 0.2) is 59.0 Å². The molecule has 0 bridgehead atoms. The van der Waals surface area contributed by atoms with Gasteiger partial charge >= 0.3 is 11.9 Å². The number of ether oxygens (including phenoxy) is 4. The van der Waals surface area contributed by atoms with Gasteiger partial charge < -0.3 is 18.9 Å². The van der Waals surface area contributed by atoms with Crippen LogP contribution >= 0.6 is 11.6 Å². The second-order valence-electron chi connectivity index (χ2n) is 8.12. The van der Waals surface area contributed by atoms with E-state index in [1.807, 2.05) is 19.1 Å². The van der Waals surface area contributed by atoms with Crippen molar-refractivity contribution >= 4 is 29.6 Å². The fraction of sp³-hybridized carbons (Fsp3) is 0.200. The summed E-state index contributed by atoms with van der Waals surface area (Å²) in [6.45, 7) is 4.87. The van der Waals surface area contributed by atoms with Crippen molar-refractivity contribution in [2.75, 3.05) is 7.11 Å². The van der Waals surface area contributed by atoms with E-state index in [1.165, 1.54) is 50.0 Å². The summed E-state index contributed by atoms with van der Waals surface area (Å²) in [5.41, 5.74) is 1.25. The molecule has 2 aromatic carbocycles. The molecule has 0 radical (unpaired) electrons. The van der Waals surface area contributed by atoms with Gasteiger partial charge in [-0.3, -0.25) is 4.79 Å². The first-order valence-electron chi connectivity index (χ1n) is 10.5. The third-order valence-electron chi connectivity index (χ3n) is 5.00. The van der Waals surface area contributed by atoms with Crippen molar-refractivity contribution in [1.82, 2.24) is 9.78 Å². The van der Waals surface area contributed by atoms with Crippen LogP contribution in [0.5, 0.6) is 17.2 Å². The Kier molecular flexibility index (Phi) is 6.36. The van der Waals surface area contributed by atoms with Crippen LogP contribution in [0.25, 0.3) is 11.8 Å². The number of benzene rings is 2. The molecule has 9 nitrogen and oxygen atoms in total. The Morgan fingerprint density at radius 1 is 0.971 bits per heavy atom. The molecule has 0 unspecified atom stereocenters. The summed E-state index contributed by atoms with van der Waals surface area (Å²) >= 11 is 6.29. The third-order valence-corrected chi connectivity index (χ3v) is 5.35. The third kappa shape index (κ3) is 5.04. The lowest BCUT2D eigenvalue weighted by atomic mass is 10.1. The summed E-state index contributed by atoms with van der Waals surface area (Å²) in [5, 5.41) is 3.99. The van der Waals surface area contributed by atoms with E-state index >= 15 is 0 Å². The highest BCUT2D eigenvalue weighted by Crippen LogP contribution is 2.35. The molecule has 3 aromatic rings. The van der Waals surface area contributed by atoms with Crippen molar-refractivity contribution in [3.63, 3.8) is 0 Å². The highest BCUT2D eigenvalue weighted by atomic mass is 35.5. The van der Waals surface area contributed by atoms with Crippen molar-refractivity contribution in [3.05, 3.63) is 80.7 Å². The lowest BCUT2D eigenvalue weighted by Crippen LogP contribution is -2.41. The van der Waals surface area contributed by atoms with Gasteiger partial charge in [0.2, 0.25) is 0 Å². The number of hydrogen-bond donors (Lipinski definition) is 0. The number of cyclic esters (lactones) is 2. The van der Waals surface area contributed by atoms with E-state index in [4.69, 9.17) is 30.5 Å². The quantitative estimate of drug-likeness (QED) is 0.294. The normalized spacial score (nSPS) is 14.7. The minimum absolute atomic E-state index is 0.0334. The van der Waals surface area contributed by atoms with Gasteiger partial charge in [0, 0.05) is 13.8 Å². The van der Waals surface area contributed by atoms with E-state index in [0.717, 1.165) is 5.56 Å². The van der Waals surface area contributed by atoms with E-state index in [9.17, 15) is 14.4 Å². The van der Waals surface area contributed by atoms with Crippen molar-refractivity contribution in [2.45, 2.75) is 26.6 Å². The van der Waals surface area contributed by atoms with E-state index in [2.05, 4.69) is 5.10 Å². The standard InChI is InChI=1S/C25H21ClN2O7/c1-14-5-8-16(9-6-14)28-22(29)21(26)20(13-27-28)33-18-10-7-15(12-19(18)32-4)11-17-23(30)34-25(2,3)35-24(17)31/h5-13H,1-4H3. The smallest absolute Gasteiger partial charge is 0.348 e. The highest BCUT2D eigenvalue weighted by molar-refractivity contribution is 6.31. The number of carbonyl (C=O) groups excluding carboxylic acids is 2. The average molecular weight is 497 g/mol. The number of aryl methyl sites for hydroxylation is 1. The molecule has 1 fully saturated rings. The first-order chi connectivity index (χ1) is 16.6. The SMILES string of the molecule is COc1cc(C=C2C(=O)OC(C)(C)OC2=O)ccc1Oc1cnn(-c2ccc(C)cc2)c(=O)c1Cl. The largest absolute Gasteiger partial charge is 0.493 e. The number of hydrogen-bond acceptors (Lipinski definition) is 8. The number of aromatic nitrogens is 2. The maximum Gasteiger partial charge on any atom is 0.348 e. The van der Waals surface area contributed by atoms with Crippen molar-refractivity contribution in [2.24, 2.45) is 0 Å². The Morgan fingerprint density at radius 3 is 2.26 bits per heavy atom. The summed E-state index contributed by atoms with van der Waals surface area (Å²) in [5.74, 6) is -2.39. The van der Waals surface area contributed by atoms with Gasteiger partial charge in [-0.2, -0.15) is 9.78 Å². The molecule has 0 spiro atoms. The predicted molar refractivity (Wildman–Crippen MR) is 127 cm³/mol. The van der Waals surface area contributed by atoms with Gasteiger partial charge in [0.05, 0.1) is 19.0 Å². The van der Waals surface area contributed by atoms with E-state index < -0.39 is 23.3 Å². The van der Waals surface area contributed by atoms with Gasteiger partial charge in [-0.15, -0.1) is 0 Å². The van der Waals surface area contributed by atoms with Gasteiger partial charge in [-0.1, -0.05) is 35.4 Å². The number of methoxy groups -OCH3 is 1. The van der Waals surface area contributed by atoms with Crippen LogP contribution in [0.2, 0.25) is 5.02 Å². The Hall–Kier alpha value is -4.11. The zero-order valence-corrected chi connectivity index (χ0v) is 20.1. The zero-order chi connectivity index (χ0) is 25.3. The lowest BCUT2D eigenvalue weighted by molar-refractivity contribution is -0.222. The first-order valence-corrected chi connectivity index (χ1v) is 10.8. The molecule has 1 saturated heterocycles. The van der Waals surface area contributed by atoms with Crippen molar-refractivity contribution in [1.29, 1.82) is 0 Å². The monoisotopic (exact) mass is 496 g/mol. The van der Waals surface area contributed by atoms with Crippen LogP contribution in [0.3, 0.4) is 0 Å². The molecule has 180 valence electrons. The summed E-state index contributed by atoms with van der Waals surface area (Å²) in [4.78, 5) is 37.2. The fourth-order valence-corrected chi connectivity index (χ4v) is 3.45. The maximum absolute atomic E-state index is 12.8. The fourth-order valence-electron chi connectivity index (χ4n) is 3.28. The number of rotatable bonds is 5. The van der Waals surface area contributed by atoms with Crippen LogP contribution in [-0.4, -0.2) is 34.6 Å². The minimum atomic E-state index is -1.33. The van der Waals surface area contributed by atoms with Crippen LogP contribution in [0.4, 0.5) is 0 Å². The Balaban J connectivity index is 1.62. The summed E-state index contributed by atoms with van der Waals surface area (Å²) < 4.78 is 22.5. The molecular weight excluding hydrogens is 476 g/mol. The average Bonchev–Trinajstić information content (AvgIpc) is 2.80. The number of carbonyl (C=O) groups is 2. The van der Waals surface area contributed by atoms with Crippen LogP contribution < -0.4 is 15.0 Å². The molecule has 0 N–H and O–H groups in total. The van der Waals surface area contributed by atoms with E-state index in [1.54, 1.807) is 18.2 Å². The van der Waals surface area contributed by atoms with E-state index in [0.29, 0.717) is 11.3 Å². The summed E-state index contributed by atoms with van der Waals surface area (Å²) in [7, 11) is 1.42. The van der Waals surface area contributed by atoms with Gasteiger partial charge in [0.1, 0.15) is 5.57 Å². The second kappa shape index (κ2) is 9.27. The van der Waals surface area contributed by atoms with Gasteiger partial charge in [-0.05, 0) is 42.8 Å². The minimum Gasteiger partial charge on any atom is -0.493 e. The molecule has 4 rings (SSSR count). The topological polar surface area (TPSA) is 106 Å². The molecule has 0 saturated carbocycles. The van der Waals surface area contributed by atoms with Gasteiger partial charge in [0.15, 0.2) is 22.3 Å². The number of esters is 2. The predicted octanol–water partition coefficient (Wildman–Crippen LogP) is 4.21. The molecule has 0 aliphatic carbocycles. The van der Waals surface area contributed by atoms with Crippen LogP contribution in [-0.2, 0) is 19.1 Å². The lowest BCUT2D eigenvalue weighted by Gasteiger charge is -2.29. The molecular formula is C25H21ClN2O7. The van der Waals surface area contributed by atoms with E-state index in [-0.39, 0.29) is 27.8 Å². The highest BCUT2D eigenvalue weighted by Gasteiger charge is 2.38. The molecule has 2 heterocycles. The molecule has 0 atom stereocenters. The second-order valence-corrected chi connectivity index (χ2v) is 8.50. The molecule has 1 aliphatic rings. The molecule has 1 aliphatic heterocycles. The van der Waals surface area contributed by atoms with Gasteiger partial charge in [-0.25, -0.2) is 9.59 Å². The molecule has 0 amide bonds. The number of nitrogens with zero attached hydrogens (tertiary/aromatic N) is 2. The first kappa shape index (κ1) is 24.0. The Bertz CT molecular complexity index is 1390.